The van der Waals surface area contributed by atoms with E-state index in [1.807, 2.05) is 0 Å². The number of alkyl halides is 3. The Labute approximate surface area is 221 Å². The van der Waals surface area contributed by atoms with E-state index in [9.17, 15) is 37.4 Å². The Balaban J connectivity index is 0.000000895. The minimum atomic E-state index is -4.58. The SMILES string of the molecule is O=C(O)CNCP(=O)(O)O.O=C(O)c1cc(Oc2ccc(C(F)(F)F)cc2Cl)ccc1[N+](=O)[O-].[Na]. The first-order chi connectivity index (χ1) is 15.5. The van der Waals surface area contributed by atoms with Crippen molar-refractivity contribution in [3.8, 4) is 11.5 Å². The van der Waals surface area contributed by atoms with Crippen LogP contribution in [-0.2, 0) is 15.5 Å². The number of carboxylic acid groups (broad SMARTS) is 2. The van der Waals surface area contributed by atoms with Crippen molar-refractivity contribution in [1.29, 1.82) is 0 Å². The Bertz CT molecular complexity index is 1130. The molecule has 1 radical (unpaired) electrons. The number of aromatic carboxylic acids is 1. The first-order valence-corrected chi connectivity index (χ1v) is 10.7. The van der Waals surface area contributed by atoms with Gasteiger partial charge in [-0.05, 0) is 24.3 Å². The van der Waals surface area contributed by atoms with Gasteiger partial charge in [0, 0.05) is 41.7 Å². The van der Waals surface area contributed by atoms with E-state index in [-0.39, 0.29) is 46.1 Å². The average molecular weight is 554 g/mol. The molecule has 0 amide bonds. The number of aliphatic carboxylic acids is 1. The summed E-state index contributed by atoms with van der Waals surface area (Å²) in [5.41, 5.74) is -2.25. The molecule has 0 fully saturated rings. The molecule has 0 saturated carbocycles. The number of nitrogens with one attached hydrogen (secondary N) is 1. The number of ether oxygens (including phenoxy) is 1. The molecule has 12 nitrogen and oxygen atoms in total. The van der Waals surface area contributed by atoms with Crippen LogP contribution in [0.5, 0.6) is 11.5 Å². The van der Waals surface area contributed by atoms with Gasteiger partial charge in [0.25, 0.3) is 5.69 Å². The van der Waals surface area contributed by atoms with Crippen LogP contribution in [-0.4, -0.2) is 79.2 Å². The molecule has 0 aliphatic carbocycles. The molecule has 0 spiro atoms. The van der Waals surface area contributed by atoms with Crippen LogP contribution in [0.2, 0.25) is 5.02 Å². The average Bonchev–Trinajstić information content (AvgIpc) is 2.67. The number of benzene rings is 2. The molecule has 0 aromatic heterocycles. The van der Waals surface area contributed by atoms with Crippen molar-refractivity contribution in [3.05, 3.63) is 62.7 Å². The van der Waals surface area contributed by atoms with Gasteiger partial charge in [-0.15, -0.1) is 0 Å². The summed E-state index contributed by atoms with van der Waals surface area (Å²) in [6, 6.07) is 5.27. The molecule has 0 aliphatic rings. The molecule has 2 aromatic rings. The van der Waals surface area contributed by atoms with Gasteiger partial charge in [0.05, 0.1) is 28.3 Å². The maximum absolute atomic E-state index is 12.6. The molecule has 0 saturated heterocycles. The van der Waals surface area contributed by atoms with Crippen LogP contribution >= 0.6 is 19.2 Å². The molecular formula is C17H15ClF3N2NaO10P. The zero-order chi connectivity index (χ0) is 26.3. The smallest absolute Gasteiger partial charge is 0.416 e. The molecule has 187 valence electrons. The van der Waals surface area contributed by atoms with Crippen molar-refractivity contribution in [3.63, 3.8) is 0 Å². The number of carbonyl (C=O) groups is 2. The predicted molar refractivity (Wildman–Crippen MR) is 115 cm³/mol. The Kier molecular flexibility index (Phi) is 12.9. The number of hydrogen-bond donors (Lipinski definition) is 5. The van der Waals surface area contributed by atoms with E-state index >= 15 is 0 Å². The third-order valence-electron chi connectivity index (χ3n) is 3.48. The monoisotopic (exact) mass is 553 g/mol. The number of rotatable bonds is 8. The van der Waals surface area contributed by atoms with E-state index in [0.29, 0.717) is 6.07 Å². The van der Waals surface area contributed by atoms with E-state index in [1.165, 1.54) is 0 Å². The van der Waals surface area contributed by atoms with Crippen molar-refractivity contribution >= 4 is 66.4 Å². The summed E-state index contributed by atoms with van der Waals surface area (Å²) in [4.78, 5) is 47.1. The molecule has 0 unspecified atom stereocenters. The van der Waals surface area contributed by atoms with Crippen molar-refractivity contribution in [2.45, 2.75) is 6.18 Å². The Morgan fingerprint density at radius 1 is 1.14 bits per heavy atom. The minimum absolute atomic E-state index is 0. The van der Waals surface area contributed by atoms with Crippen LogP contribution in [0.25, 0.3) is 0 Å². The standard InChI is InChI=1S/C14H7ClF3NO5.C3H8NO5P.Na/c15-10-5-7(14(16,17)18)1-4-12(10)24-8-2-3-11(19(22)23)9(6-8)13(20)21;5-3(6)1-4-2-10(7,8)9;/h1-6H,(H,20,21);4H,1-2H2,(H,5,6)(H2,7,8,9);. The molecule has 2 rings (SSSR count). The molecule has 18 heteroatoms. The largest absolute Gasteiger partial charge is 0.480 e. The van der Waals surface area contributed by atoms with Crippen LogP contribution < -0.4 is 10.1 Å². The number of hydrogen-bond acceptors (Lipinski definition) is 7. The Morgan fingerprint density at radius 3 is 2.17 bits per heavy atom. The molecule has 0 heterocycles. The van der Waals surface area contributed by atoms with Crippen LogP contribution in [0, 0.1) is 10.1 Å². The van der Waals surface area contributed by atoms with Gasteiger partial charge >= 0.3 is 25.7 Å². The topological polar surface area (TPSA) is 197 Å². The first kappa shape index (κ1) is 32.8. The second-order valence-corrected chi connectivity index (χ2v) is 8.18. The molecule has 2 aromatic carbocycles. The fourth-order valence-corrected chi connectivity index (χ4v) is 2.73. The Hall–Kier alpha value is -2.23. The molecule has 0 bridgehead atoms. The summed E-state index contributed by atoms with van der Waals surface area (Å²) in [5, 5.41) is 29.4. The second kappa shape index (κ2) is 13.8. The molecular weight excluding hydrogens is 539 g/mol. The number of nitrogens with zero attached hydrogens (tertiary/aromatic N) is 1. The van der Waals surface area contributed by atoms with Gasteiger partial charge in [-0.25, -0.2) is 4.79 Å². The van der Waals surface area contributed by atoms with Gasteiger partial charge in [0.15, 0.2) is 0 Å². The van der Waals surface area contributed by atoms with Crippen molar-refractivity contribution in [1.82, 2.24) is 5.32 Å². The van der Waals surface area contributed by atoms with Crippen LogP contribution in [0.15, 0.2) is 36.4 Å². The molecule has 0 aliphatic heterocycles. The fourth-order valence-electron chi connectivity index (χ4n) is 2.10. The van der Waals surface area contributed by atoms with Gasteiger partial charge < -0.3 is 24.7 Å². The summed E-state index contributed by atoms with van der Waals surface area (Å²) in [5.74, 6) is -2.98. The summed E-state index contributed by atoms with van der Waals surface area (Å²) < 4.78 is 52.9. The van der Waals surface area contributed by atoms with Crippen LogP contribution in [0.1, 0.15) is 15.9 Å². The van der Waals surface area contributed by atoms with E-state index in [4.69, 9.17) is 36.3 Å². The predicted octanol–water partition coefficient (Wildman–Crippen LogP) is 3.17. The van der Waals surface area contributed by atoms with E-state index < -0.39 is 60.3 Å². The van der Waals surface area contributed by atoms with Gasteiger partial charge in [0.1, 0.15) is 17.1 Å². The van der Waals surface area contributed by atoms with Gasteiger partial charge in [0.2, 0.25) is 0 Å². The number of nitro groups is 1. The summed E-state index contributed by atoms with van der Waals surface area (Å²) in [6.07, 6.45) is -5.18. The second-order valence-electron chi connectivity index (χ2n) is 6.13. The Morgan fingerprint density at radius 2 is 1.74 bits per heavy atom. The van der Waals surface area contributed by atoms with E-state index in [0.717, 1.165) is 30.3 Å². The molecule has 5 N–H and O–H groups in total. The van der Waals surface area contributed by atoms with Crippen LogP contribution in [0.4, 0.5) is 18.9 Å². The zero-order valence-corrected chi connectivity index (χ0v) is 21.2. The fraction of sp³-hybridized carbons (Fsp3) is 0.176. The maximum atomic E-state index is 12.6. The van der Waals surface area contributed by atoms with E-state index in [1.54, 1.807) is 0 Å². The van der Waals surface area contributed by atoms with E-state index in [2.05, 4.69) is 5.32 Å². The summed E-state index contributed by atoms with van der Waals surface area (Å²) >= 11 is 5.72. The molecule has 0 atom stereocenters. The van der Waals surface area contributed by atoms with Gasteiger partial charge in [-0.3, -0.25) is 24.8 Å². The van der Waals surface area contributed by atoms with Crippen LogP contribution in [0.3, 0.4) is 0 Å². The zero-order valence-electron chi connectivity index (χ0n) is 17.5. The summed E-state index contributed by atoms with van der Waals surface area (Å²) in [7, 11) is -4.10. The van der Waals surface area contributed by atoms with Crippen molar-refractivity contribution in [2.24, 2.45) is 0 Å². The maximum Gasteiger partial charge on any atom is 0.416 e. The van der Waals surface area contributed by atoms with Crippen molar-refractivity contribution < 1.29 is 57.0 Å². The number of carboxylic acids is 2. The number of nitro benzene ring substituents is 1. The van der Waals surface area contributed by atoms with Crippen molar-refractivity contribution in [2.75, 3.05) is 12.8 Å². The normalized spacial score (nSPS) is 10.9. The quantitative estimate of drug-likeness (QED) is 0.139. The van der Waals surface area contributed by atoms with Gasteiger partial charge in [-0.2, -0.15) is 13.2 Å². The third-order valence-corrected chi connectivity index (χ3v) is 4.41. The third kappa shape index (κ3) is 11.8. The first-order valence-electron chi connectivity index (χ1n) is 8.54. The number of halogens is 4. The van der Waals surface area contributed by atoms with Gasteiger partial charge in [-0.1, -0.05) is 11.6 Å². The molecule has 35 heavy (non-hydrogen) atoms. The minimum Gasteiger partial charge on any atom is -0.480 e. The summed E-state index contributed by atoms with van der Waals surface area (Å²) in [6.45, 7) is -0.439.